The average Bonchev–Trinajstić information content (AvgIpc) is 2.90. The molecule has 0 bridgehead atoms. The van der Waals surface area contributed by atoms with Crippen molar-refractivity contribution in [2.24, 2.45) is 0 Å². The van der Waals surface area contributed by atoms with E-state index in [0.717, 1.165) is 19.2 Å². The minimum atomic E-state index is -4.65. The first kappa shape index (κ1) is 13.2. The average molecular weight is 270 g/mol. The summed E-state index contributed by atoms with van der Waals surface area (Å²) < 4.78 is 48.2. The molecule has 0 atom stereocenters. The van der Waals surface area contributed by atoms with Gasteiger partial charge in [-0.3, -0.25) is 0 Å². The lowest BCUT2D eigenvalue weighted by atomic mass is 10.0. The molecule has 1 heterocycles. The van der Waals surface area contributed by atoms with E-state index in [1.807, 2.05) is 0 Å². The molecule has 0 saturated heterocycles. The number of hydrogen-bond donors (Lipinski definition) is 0. The number of hydrogen-bond acceptors (Lipinski definition) is 3. The van der Waals surface area contributed by atoms with E-state index >= 15 is 0 Å². The molecule has 19 heavy (non-hydrogen) atoms. The van der Waals surface area contributed by atoms with Crippen LogP contribution in [0.1, 0.15) is 15.9 Å². The van der Waals surface area contributed by atoms with Crippen molar-refractivity contribution >= 4 is 5.97 Å². The number of ether oxygens (including phenoxy) is 1. The molecule has 2 rings (SSSR count). The maximum atomic E-state index is 12.9. The highest BCUT2D eigenvalue weighted by atomic mass is 19.4. The van der Waals surface area contributed by atoms with Crippen LogP contribution in [0.3, 0.4) is 0 Å². The van der Waals surface area contributed by atoms with Crippen molar-refractivity contribution in [3.63, 3.8) is 0 Å². The number of halogens is 3. The van der Waals surface area contributed by atoms with E-state index in [1.54, 1.807) is 6.07 Å². The van der Waals surface area contributed by atoms with Crippen LogP contribution in [0.4, 0.5) is 13.2 Å². The topological polar surface area (TPSA) is 39.4 Å². The third kappa shape index (κ3) is 2.62. The molecule has 0 radical (unpaired) electrons. The van der Waals surface area contributed by atoms with Gasteiger partial charge in [0, 0.05) is 5.56 Å². The van der Waals surface area contributed by atoms with Gasteiger partial charge in [0.15, 0.2) is 0 Å². The lowest BCUT2D eigenvalue weighted by Crippen LogP contribution is -2.14. The van der Waals surface area contributed by atoms with Crippen LogP contribution in [0.25, 0.3) is 11.3 Å². The van der Waals surface area contributed by atoms with E-state index in [0.29, 0.717) is 5.76 Å². The summed E-state index contributed by atoms with van der Waals surface area (Å²) in [6, 6.07) is 6.42. The van der Waals surface area contributed by atoms with E-state index in [-0.39, 0.29) is 5.56 Å². The van der Waals surface area contributed by atoms with E-state index in [4.69, 9.17) is 4.42 Å². The van der Waals surface area contributed by atoms with E-state index in [2.05, 4.69) is 4.74 Å². The fourth-order valence-electron chi connectivity index (χ4n) is 1.66. The van der Waals surface area contributed by atoms with Crippen molar-refractivity contribution in [2.45, 2.75) is 6.18 Å². The zero-order valence-corrected chi connectivity index (χ0v) is 9.82. The van der Waals surface area contributed by atoms with Crippen molar-refractivity contribution in [3.05, 3.63) is 47.7 Å². The summed E-state index contributed by atoms with van der Waals surface area (Å²) in [5.41, 5.74) is -1.33. The largest absolute Gasteiger partial charge is 0.465 e. The monoisotopic (exact) mass is 270 g/mol. The minimum absolute atomic E-state index is 0.241. The highest BCUT2D eigenvalue weighted by Gasteiger charge is 2.36. The summed E-state index contributed by atoms with van der Waals surface area (Å²) in [7, 11) is 1.03. The zero-order chi connectivity index (χ0) is 14.0. The molecule has 0 saturated carbocycles. The Morgan fingerprint density at radius 2 is 2.00 bits per heavy atom. The Labute approximate surface area is 106 Å². The van der Waals surface area contributed by atoms with Gasteiger partial charge in [-0.2, -0.15) is 13.2 Å². The van der Waals surface area contributed by atoms with Crippen LogP contribution in [0.15, 0.2) is 41.0 Å². The van der Waals surface area contributed by atoms with Gasteiger partial charge >= 0.3 is 12.1 Å². The Bertz CT molecular complexity index is 586. The molecule has 1 aromatic heterocycles. The second-order valence-electron chi connectivity index (χ2n) is 3.73. The molecule has 0 fully saturated rings. The molecule has 0 aliphatic carbocycles. The van der Waals surface area contributed by atoms with Gasteiger partial charge in [0.25, 0.3) is 0 Å². The minimum Gasteiger partial charge on any atom is -0.465 e. The molecule has 100 valence electrons. The van der Waals surface area contributed by atoms with E-state index in [9.17, 15) is 18.0 Å². The summed E-state index contributed by atoms with van der Waals surface area (Å²) in [6.07, 6.45) is -3.29. The number of methoxy groups -OCH3 is 1. The van der Waals surface area contributed by atoms with Crippen LogP contribution in [0.2, 0.25) is 0 Å². The van der Waals surface area contributed by atoms with Crippen LogP contribution in [-0.4, -0.2) is 13.1 Å². The normalized spacial score (nSPS) is 11.4. The third-order valence-electron chi connectivity index (χ3n) is 2.54. The molecule has 3 nitrogen and oxygen atoms in total. The Morgan fingerprint density at radius 3 is 2.53 bits per heavy atom. The molecule has 0 unspecified atom stereocenters. The van der Waals surface area contributed by atoms with Gasteiger partial charge in [-0.15, -0.1) is 0 Å². The molecule has 2 aromatic rings. The first-order valence-electron chi connectivity index (χ1n) is 5.27. The standard InChI is InChI=1S/C13H9F3O3/c1-18-12(17)9-5-4-8(11-3-2-6-19-11)7-10(9)13(14,15)16/h2-7H,1H3. The maximum absolute atomic E-state index is 12.9. The summed E-state index contributed by atoms with van der Waals surface area (Å²) in [5, 5.41) is 0. The predicted molar refractivity (Wildman–Crippen MR) is 60.5 cm³/mol. The number of esters is 1. The van der Waals surface area contributed by atoms with Gasteiger partial charge in [-0.05, 0) is 24.3 Å². The van der Waals surface area contributed by atoms with Crippen LogP contribution >= 0.6 is 0 Å². The smallest absolute Gasteiger partial charge is 0.417 e. The third-order valence-corrected chi connectivity index (χ3v) is 2.54. The summed E-state index contributed by atoms with van der Waals surface area (Å²) >= 11 is 0. The molecule has 6 heteroatoms. The lowest BCUT2D eigenvalue weighted by molar-refractivity contribution is -0.138. The lowest BCUT2D eigenvalue weighted by Gasteiger charge is -2.12. The number of furan rings is 1. The Hall–Kier alpha value is -2.24. The molecule has 0 aliphatic heterocycles. The molecule has 0 N–H and O–H groups in total. The highest BCUT2D eigenvalue weighted by molar-refractivity contribution is 5.92. The molecular weight excluding hydrogens is 261 g/mol. The summed E-state index contributed by atoms with van der Waals surface area (Å²) in [4.78, 5) is 11.3. The molecular formula is C13H9F3O3. The fourth-order valence-corrected chi connectivity index (χ4v) is 1.66. The Kier molecular flexibility index (Phi) is 3.33. The molecule has 0 aliphatic rings. The number of rotatable bonds is 2. The zero-order valence-electron chi connectivity index (χ0n) is 9.82. The summed E-state index contributed by atoms with van der Waals surface area (Å²) in [5.74, 6) is -0.736. The second kappa shape index (κ2) is 4.79. The van der Waals surface area contributed by atoms with Crippen molar-refractivity contribution in [1.82, 2.24) is 0 Å². The number of carbonyl (C=O) groups excluding carboxylic acids is 1. The van der Waals surface area contributed by atoms with Crippen molar-refractivity contribution in [1.29, 1.82) is 0 Å². The second-order valence-corrected chi connectivity index (χ2v) is 3.73. The van der Waals surface area contributed by atoms with Gasteiger partial charge in [-0.25, -0.2) is 4.79 Å². The maximum Gasteiger partial charge on any atom is 0.417 e. The number of alkyl halides is 3. The van der Waals surface area contributed by atoms with Crippen molar-refractivity contribution < 1.29 is 27.1 Å². The number of carbonyl (C=O) groups is 1. The number of benzene rings is 1. The van der Waals surface area contributed by atoms with Crippen LogP contribution < -0.4 is 0 Å². The molecule has 0 spiro atoms. The van der Waals surface area contributed by atoms with E-state index < -0.39 is 23.3 Å². The van der Waals surface area contributed by atoms with Gasteiger partial charge in [0.05, 0.1) is 24.5 Å². The SMILES string of the molecule is COC(=O)c1ccc(-c2ccco2)cc1C(F)(F)F. The molecule has 1 aromatic carbocycles. The Morgan fingerprint density at radius 1 is 1.26 bits per heavy atom. The van der Waals surface area contributed by atoms with Crippen LogP contribution in [0.5, 0.6) is 0 Å². The van der Waals surface area contributed by atoms with Gasteiger partial charge in [0.1, 0.15) is 5.76 Å². The van der Waals surface area contributed by atoms with Gasteiger partial charge in [0.2, 0.25) is 0 Å². The van der Waals surface area contributed by atoms with Crippen molar-refractivity contribution in [3.8, 4) is 11.3 Å². The first-order chi connectivity index (χ1) is 8.93. The fraction of sp³-hybridized carbons (Fsp3) is 0.154. The van der Waals surface area contributed by atoms with Gasteiger partial charge in [-0.1, -0.05) is 6.07 Å². The van der Waals surface area contributed by atoms with Gasteiger partial charge < -0.3 is 9.15 Å². The van der Waals surface area contributed by atoms with Crippen molar-refractivity contribution in [2.75, 3.05) is 7.11 Å². The molecule has 0 amide bonds. The Balaban J connectivity index is 2.57. The summed E-state index contributed by atoms with van der Waals surface area (Å²) in [6.45, 7) is 0. The predicted octanol–water partition coefficient (Wildman–Crippen LogP) is 3.75. The van der Waals surface area contributed by atoms with Crippen LogP contribution in [0, 0.1) is 0 Å². The van der Waals surface area contributed by atoms with Crippen LogP contribution in [-0.2, 0) is 10.9 Å². The highest BCUT2D eigenvalue weighted by Crippen LogP contribution is 2.35. The quantitative estimate of drug-likeness (QED) is 0.780. The first-order valence-corrected chi connectivity index (χ1v) is 5.27. The van der Waals surface area contributed by atoms with E-state index in [1.165, 1.54) is 18.4 Å².